The molecular formula is C25H32N6O3. The first kappa shape index (κ1) is 22.6. The van der Waals surface area contributed by atoms with E-state index in [9.17, 15) is 14.9 Å². The van der Waals surface area contributed by atoms with Crippen LogP contribution in [0.5, 0.6) is 0 Å². The Morgan fingerprint density at radius 2 is 1.91 bits per heavy atom. The lowest BCUT2D eigenvalue weighted by Gasteiger charge is -2.39. The molecule has 0 spiro atoms. The number of hydrogen-bond acceptors (Lipinski definition) is 7. The van der Waals surface area contributed by atoms with Gasteiger partial charge in [0.1, 0.15) is 11.5 Å². The van der Waals surface area contributed by atoms with E-state index in [0.29, 0.717) is 36.3 Å². The quantitative estimate of drug-likeness (QED) is 0.496. The predicted molar refractivity (Wildman–Crippen MR) is 131 cm³/mol. The van der Waals surface area contributed by atoms with Crippen molar-refractivity contribution in [2.24, 2.45) is 5.92 Å². The molecule has 180 valence electrons. The maximum Gasteiger partial charge on any atom is 0.293 e. The number of pyridine rings is 1. The van der Waals surface area contributed by atoms with Crippen LogP contribution in [0.1, 0.15) is 36.0 Å². The number of nitrogens with one attached hydrogen (secondary N) is 1. The molecule has 9 heteroatoms. The molecule has 1 aliphatic carbocycles. The SMILES string of the molecule is O=C(c1ccc(NC2CC2)c([N+](=O)[O-])c1)N1CCCC(CN2CCN(c3ccccn3)CC2)C1. The van der Waals surface area contributed by atoms with Gasteiger partial charge in [-0.3, -0.25) is 19.8 Å². The van der Waals surface area contributed by atoms with Gasteiger partial charge in [0.05, 0.1) is 4.92 Å². The smallest absolute Gasteiger partial charge is 0.293 e. The molecule has 1 saturated carbocycles. The van der Waals surface area contributed by atoms with Crippen molar-refractivity contribution >= 4 is 23.1 Å². The number of nitro benzene ring substituents is 1. The van der Waals surface area contributed by atoms with Gasteiger partial charge in [-0.1, -0.05) is 6.07 Å². The fourth-order valence-corrected chi connectivity index (χ4v) is 5.03. The molecule has 1 aromatic heterocycles. The number of anilines is 2. The third kappa shape index (κ3) is 5.30. The Balaban J connectivity index is 1.17. The van der Waals surface area contributed by atoms with E-state index in [0.717, 1.165) is 64.2 Å². The molecule has 1 N–H and O–H groups in total. The van der Waals surface area contributed by atoms with E-state index in [1.54, 1.807) is 12.1 Å². The minimum atomic E-state index is -0.398. The summed E-state index contributed by atoms with van der Waals surface area (Å²) in [6, 6.07) is 11.2. The van der Waals surface area contributed by atoms with Gasteiger partial charge >= 0.3 is 0 Å². The van der Waals surface area contributed by atoms with Crippen LogP contribution in [0.2, 0.25) is 0 Å². The molecule has 2 aliphatic heterocycles. The minimum Gasteiger partial charge on any atom is -0.377 e. The number of carbonyl (C=O) groups is 1. The number of likely N-dealkylation sites (tertiary alicyclic amines) is 1. The number of rotatable bonds is 7. The van der Waals surface area contributed by atoms with Crippen molar-refractivity contribution in [1.29, 1.82) is 0 Å². The molecule has 5 rings (SSSR count). The van der Waals surface area contributed by atoms with Gasteiger partial charge in [0.2, 0.25) is 0 Å². The first-order valence-corrected chi connectivity index (χ1v) is 12.3. The lowest BCUT2D eigenvalue weighted by molar-refractivity contribution is -0.384. The van der Waals surface area contributed by atoms with E-state index in [-0.39, 0.29) is 11.6 Å². The fourth-order valence-electron chi connectivity index (χ4n) is 5.03. The van der Waals surface area contributed by atoms with Crippen LogP contribution in [0.15, 0.2) is 42.6 Å². The molecule has 34 heavy (non-hydrogen) atoms. The molecule has 3 heterocycles. The van der Waals surface area contributed by atoms with Crippen molar-refractivity contribution in [2.75, 3.05) is 56.0 Å². The summed E-state index contributed by atoms with van der Waals surface area (Å²) in [6.07, 6.45) is 5.97. The Labute approximate surface area is 199 Å². The summed E-state index contributed by atoms with van der Waals surface area (Å²) in [5.41, 5.74) is 0.889. The normalized spacial score (nSPS) is 21.4. The first-order chi connectivity index (χ1) is 16.6. The number of piperazine rings is 1. The maximum absolute atomic E-state index is 13.2. The second-order valence-electron chi connectivity index (χ2n) is 9.64. The maximum atomic E-state index is 13.2. The van der Waals surface area contributed by atoms with E-state index < -0.39 is 4.92 Å². The highest BCUT2D eigenvalue weighted by Crippen LogP contribution is 2.32. The number of benzene rings is 1. The summed E-state index contributed by atoms with van der Waals surface area (Å²) >= 11 is 0. The average molecular weight is 465 g/mol. The van der Waals surface area contributed by atoms with Crippen LogP contribution in [-0.4, -0.2) is 77.5 Å². The number of piperidine rings is 1. The standard InChI is InChI=1S/C25H32N6O3/c32-25(20-6-9-22(27-21-7-8-21)23(16-20)31(33)34)30-11-3-4-19(18-30)17-28-12-14-29(15-13-28)24-5-1-2-10-26-24/h1-2,5-6,9-10,16,19,21,27H,3-4,7-8,11-15,17-18H2. The lowest BCUT2D eigenvalue weighted by atomic mass is 9.96. The van der Waals surface area contributed by atoms with Crippen molar-refractivity contribution in [3.63, 3.8) is 0 Å². The van der Waals surface area contributed by atoms with Crippen LogP contribution in [0, 0.1) is 16.0 Å². The Hall–Kier alpha value is -3.20. The summed E-state index contributed by atoms with van der Waals surface area (Å²) in [5.74, 6) is 1.35. The summed E-state index contributed by atoms with van der Waals surface area (Å²) in [7, 11) is 0. The van der Waals surface area contributed by atoms with Crippen molar-refractivity contribution in [3.8, 4) is 0 Å². The Morgan fingerprint density at radius 3 is 2.62 bits per heavy atom. The monoisotopic (exact) mass is 464 g/mol. The first-order valence-electron chi connectivity index (χ1n) is 12.3. The second kappa shape index (κ2) is 9.97. The summed E-state index contributed by atoms with van der Waals surface area (Å²) in [5, 5.41) is 14.8. The van der Waals surface area contributed by atoms with Gasteiger partial charge in [-0.2, -0.15) is 0 Å². The molecule has 1 amide bonds. The van der Waals surface area contributed by atoms with Crippen molar-refractivity contribution < 1.29 is 9.72 Å². The highest BCUT2D eigenvalue weighted by atomic mass is 16.6. The molecule has 0 bridgehead atoms. The van der Waals surface area contributed by atoms with Crippen LogP contribution < -0.4 is 10.2 Å². The fraction of sp³-hybridized carbons (Fsp3) is 0.520. The molecule has 2 saturated heterocycles. The highest BCUT2D eigenvalue weighted by molar-refractivity contribution is 5.95. The van der Waals surface area contributed by atoms with Gasteiger partial charge in [-0.05, 0) is 55.9 Å². The number of nitro groups is 1. The van der Waals surface area contributed by atoms with Crippen LogP contribution in [0.25, 0.3) is 0 Å². The lowest BCUT2D eigenvalue weighted by Crippen LogP contribution is -2.50. The van der Waals surface area contributed by atoms with E-state index in [1.807, 2.05) is 23.2 Å². The number of nitrogens with zero attached hydrogens (tertiary/aromatic N) is 5. The molecule has 3 fully saturated rings. The van der Waals surface area contributed by atoms with Crippen molar-refractivity contribution in [3.05, 3.63) is 58.3 Å². The summed E-state index contributed by atoms with van der Waals surface area (Å²) < 4.78 is 0. The van der Waals surface area contributed by atoms with E-state index in [1.165, 1.54) is 6.07 Å². The second-order valence-corrected chi connectivity index (χ2v) is 9.64. The predicted octanol–water partition coefficient (Wildman–Crippen LogP) is 3.24. The van der Waals surface area contributed by atoms with Crippen LogP contribution in [-0.2, 0) is 0 Å². The van der Waals surface area contributed by atoms with Crippen LogP contribution >= 0.6 is 0 Å². The van der Waals surface area contributed by atoms with Crippen molar-refractivity contribution in [1.82, 2.24) is 14.8 Å². The number of hydrogen-bond donors (Lipinski definition) is 1. The molecule has 3 aliphatic rings. The molecule has 1 atom stereocenters. The third-order valence-corrected chi connectivity index (χ3v) is 7.05. The van der Waals surface area contributed by atoms with E-state index in [4.69, 9.17) is 0 Å². The van der Waals surface area contributed by atoms with Crippen LogP contribution in [0.4, 0.5) is 17.2 Å². The van der Waals surface area contributed by atoms with Crippen molar-refractivity contribution in [2.45, 2.75) is 31.7 Å². The van der Waals surface area contributed by atoms with E-state index >= 15 is 0 Å². The topological polar surface area (TPSA) is 94.8 Å². The number of aromatic nitrogens is 1. The Morgan fingerprint density at radius 1 is 1.09 bits per heavy atom. The van der Waals surface area contributed by atoms with Gasteiger partial charge in [-0.15, -0.1) is 0 Å². The molecule has 2 aromatic rings. The molecular weight excluding hydrogens is 432 g/mol. The van der Waals surface area contributed by atoms with Gasteiger partial charge < -0.3 is 15.1 Å². The zero-order valence-electron chi connectivity index (χ0n) is 19.4. The zero-order chi connectivity index (χ0) is 23.5. The largest absolute Gasteiger partial charge is 0.377 e. The molecule has 0 radical (unpaired) electrons. The third-order valence-electron chi connectivity index (χ3n) is 7.05. The number of amides is 1. The summed E-state index contributed by atoms with van der Waals surface area (Å²) in [4.78, 5) is 35.6. The number of carbonyl (C=O) groups excluding carboxylic acids is 1. The van der Waals surface area contributed by atoms with E-state index in [2.05, 4.69) is 26.2 Å². The molecule has 1 aromatic carbocycles. The highest BCUT2D eigenvalue weighted by Gasteiger charge is 2.30. The molecule has 1 unspecified atom stereocenters. The van der Waals surface area contributed by atoms with Gasteiger partial charge in [0, 0.05) is 69.7 Å². The Bertz CT molecular complexity index is 1020. The van der Waals surface area contributed by atoms with Gasteiger partial charge in [0.25, 0.3) is 11.6 Å². The summed E-state index contributed by atoms with van der Waals surface area (Å²) in [6.45, 7) is 6.28. The minimum absolute atomic E-state index is 0.0166. The van der Waals surface area contributed by atoms with Gasteiger partial charge in [-0.25, -0.2) is 4.98 Å². The average Bonchev–Trinajstić information content (AvgIpc) is 3.69. The molecule has 9 nitrogen and oxygen atoms in total. The van der Waals surface area contributed by atoms with Crippen LogP contribution in [0.3, 0.4) is 0 Å². The zero-order valence-corrected chi connectivity index (χ0v) is 19.4. The van der Waals surface area contributed by atoms with Gasteiger partial charge in [0.15, 0.2) is 0 Å². The Kier molecular flexibility index (Phi) is 6.62.